The number of para-hydroxylation sites is 1. The standard InChI is InChI=1S/C15H18N4S.HI/c1-11-10-20-14(18-11)9-17-15(16-2)19-8-7-12-5-3-4-6-13(12)19;/h3-6,10H,7-9H2,1-2H3,(H,16,17);1H. The first kappa shape index (κ1) is 16.2. The lowest BCUT2D eigenvalue weighted by atomic mass is 10.2. The van der Waals surface area contributed by atoms with Gasteiger partial charge in [-0.1, -0.05) is 18.2 Å². The van der Waals surface area contributed by atoms with Gasteiger partial charge in [0.15, 0.2) is 5.96 Å². The normalized spacial score (nSPS) is 13.8. The van der Waals surface area contributed by atoms with Crippen LogP contribution in [0.3, 0.4) is 0 Å². The van der Waals surface area contributed by atoms with Gasteiger partial charge in [0.2, 0.25) is 0 Å². The monoisotopic (exact) mass is 414 g/mol. The number of hydrogen-bond donors (Lipinski definition) is 1. The third kappa shape index (κ3) is 3.55. The maximum atomic E-state index is 4.47. The Hall–Kier alpha value is -1.15. The summed E-state index contributed by atoms with van der Waals surface area (Å²) in [6.45, 7) is 3.73. The summed E-state index contributed by atoms with van der Waals surface area (Å²) in [6.07, 6.45) is 1.08. The minimum Gasteiger partial charge on any atom is -0.349 e. The molecule has 1 aliphatic heterocycles. The van der Waals surface area contributed by atoms with E-state index in [1.54, 1.807) is 11.3 Å². The molecule has 1 aliphatic rings. The zero-order chi connectivity index (χ0) is 13.9. The molecule has 4 nitrogen and oxygen atoms in total. The number of halogens is 1. The Balaban J connectivity index is 0.00000161. The molecule has 0 fully saturated rings. The van der Waals surface area contributed by atoms with Crippen LogP contribution in [-0.2, 0) is 13.0 Å². The number of hydrogen-bond acceptors (Lipinski definition) is 3. The molecular weight excluding hydrogens is 395 g/mol. The molecule has 2 heterocycles. The van der Waals surface area contributed by atoms with Crippen molar-refractivity contribution in [2.45, 2.75) is 19.9 Å². The first-order valence-corrected chi connectivity index (χ1v) is 7.63. The molecule has 0 amide bonds. The molecule has 0 spiro atoms. The number of nitrogens with zero attached hydrogens (tertiary/aromatic N) is 3. The predicted octanol–water partition coefficient (Wildman–Crippen LogP) is 3.21. The van der Waals surface area contributed by atoms with Crippen LogP contribution >= 0.6 is 35.3 Å². The van der Waals surface area contributed by atoms with Gasteiger partial charge in [0.25, 0.3) is 0 Å². The van der Waals surface area contributed by atoms with Crippen molar-refractivity contribution in [1.82, 2.24) is 10.3 Å². The molecular formula is C15H19IN4S. The maximum absolute atomic E-state index is 4.47. The molecule has 2 aromatic rings. The van der Waals surface area contributed by atoms with Gasteiger partial charge < -0.3 is 10.2 Å². The van der Waals surface area contributed by atoms with Gasteiger partial charge in [-0.2, -0.15) is 0 Å². The Labute approximate surface area is 146 Å². The van der Waals surface area contributed by atoms with E-state index in [1.165, 1.54) is 11.3 Å². The largest absolute Gasteiger partial charge is 0.349 e. The van der Waals surface area contributed by atoms with Crippen molar-refractivity contribution in [2.75, 3.05) is 18.5 Å². The van der Waals surface area contributed by atoms with Gasteiger partial charge in [-0.3, -0.25) is 4.99 Å². The van der Waals surface area contributed by atoms with E-state index < -0.39 is 0 Å². The summed E-state index contributed by atoms with van der Waals surface area (Å²) >= 11 is 1.68. The van der Waals surface area contributed by atoms with Gasteiger partial charge in [0, 0.05) is 30.4 Å². The highest BCUT2D eigenvalue weighted by Crippen LogP contribution is 2.27. The Morgan fingerprint density at radius 2 is 2.24 bits per heavy atom. The average Bonchev–Trinajstić information content (AvgIpc) is 3.07. The van der Waals surface area contributed by atoms with Crippen LogP contribution < -0.4 is 10.2 Å². The number of aliphatic imine (C=N–C) groups is 1. The third-order valence-electron chi connectivity index (χ3n) is 3.42. The Morgan fingerprint density at radius 3 is 2.95 bits per heavy atom. The molecule has 0 unspecified atom stereocenters. The lowest BCUT2D eigenvalue weighted by Gasteiger charge is -2.21. The highest BCUT2D eigenvalue weighted by molar-refractivity contribution is 14.0. The molecule has 0 aliphatic carbocycles. The van der Waals surface area contributed by atoms with Crippen LogP contribution in [0.1, 0.15) is 16.3 Å². The number of aryl methyl sites for hydroxylation is 1. The SMILES string of the molecule is CN=C(NCc1nc(C)cs1)N1CCc2ccccc21.I. The predicted molar refractivity (Wildman–Crippen MR) is 100.0 cm³/mol. The van der Waals surface area contributed by atoms with E-state index in [2.05, 4.69) is 49.8 Å². The summed E-state index contributed by atoms with van der Waals surface area (Å²) in [6, 6.07) is 8.51. The lowest BCUT2D eigenvalue weighted by molar-refractivity contribution is 0.856. The highest BCUT2D eigenvalue weighted by atomic mass is 127. The van der Waals surface area contributed by atoms with Crippen molar-refractivity contribution in [1.29, 1.82) is 0 Å². The number of benzene rings is 1. The molecule has 0 atom stereocenters. The quantitative estimate of drug-likeness (QED) is 0.466. The van der Waals surface area contributed by atoms with E-state index >= 15 is 0 Å². The third-order valence-corrected chi connectivity index (χ3v) is 4.39. The molecule has 0 radical (unpaired) electrons. The second kappa shape index (κ2) is 7.22. The van der Waals surface area contributed by atoms with Crippen LogP contribution in [-0.4, -0.2) is 24.5 Å². The molecule has 6 heteroatoms. The Morgan fingerprint density at radius 1 is 1.43 bits per heavy atom. The molecule has 112 valence electrons. The molecule has 21 heavy (non-hydrogen) atoms. The smallest absolute Gasteiger partial charge is 0.198 e. The molecule has 3 rings (SSSR count). The van der Waals surface area contributed by atoms with Gasteiger partial charge in [0.1, 0.15) is 5.01 Å². The fraction of sp³-hybridized carbons (Fsp3) is 0.333. The second-order valence-electron chi connectivity index (χ2n) is 4.81. The zero-order valence-corrected chi connectivity index (χ0v) is 15.3. The van der Waals surface area contributed by atoms with Crippen molar-refractivity contribution in [3.8, 4) is 0 Å². The first-order valence-electron chi connectivity index (χ1n) is 6.75. The second-order valence-corrected chi connectivity index (χ2v) is 5.76. The molecule has 1 aromatic heterocycles. The van der Waals surface area contributed by atoms with E-state index in [1.807, 2.05) is 14.0 Å². The fourth-order valence-electron chi connectivity index (χ4n) is 2.49. The number of nitrogens with one attached hydrogen (secondary N) is 1. The fourth-order valence-corrected chi connectivity index (χ4v) is 3.20. The van der Waals surface area contributed by atoms with Gasteiger partial charge in [-0.15, -0.1) is 35.3 Å². The summed E-state index contributed by atoms with van der Waals surface area (Å²) in [4.78, 5) is 11.1. The van der Waals surface area contributed by atoms with Gasteiger partial charge in [-0.25, -0.2) is 4.98 Å². The molecule has 0 bridgehead atoms. The van der Waals surface area contributed by atoms with Crippen LogP contribution in [0.5, 0.6) is 0 Å². The number of aromatic nitrogens is 1. The topological polar surface area (TPSA) is 40.5 Å². The molecule has 1 N–H and O–H groups in total. The van der Waals surface area contributed by atoms with Crippen LogP contribution in [0.15, 0.2) is 34.6 Å². The van der Waals surface area contributed by atoms with Gasteiger partial charge in [-0.05, 0) is 25.0 Å². The first-order chi connectivity index (χ1) is 9.78. The van der Waals surface area contributed by atoms with Crippen LogP contribution in [0, 0.1) is 6.92 Å². The maximum Gasteiger partial charge on any atom is 0.198 e. The number of anilines is 1. The van der Waals surface area contributed by atoms with E-state index in [9.17, 15) is 0 Å². The van der Waals surface area contributed by atoms with Crippen molar-refractivity contribution in [3.63, 3.8) is 0 Å². The van der Waals surface area contributed by atoms with E-state index in [0.717, 1.165) is 36.2 Å². The summed E-state index contributed by atoms with van der Waals surface area (Å²) in [5.74, 6) is 0.919. The lowest BCUT2D eigenvalue weighted by Crippen LogP contribution is -2.40. The van der Waals surface area contributed by atoms with Crippen LogP contribution in [0.4, 0.5) is 5.69 Å². The van der Waals surface area contributed by atoms with E-state index in [0.29, 0.717) is 0 Å². The Bertz CT molecular complexity index is 638. The summed E-state index contributed by atoms with van der Waals surface area (Å²) in [5, 5.41) is 6.57. The molecule has 0 saturated carbocycles. The van der Waals surface area contributed by atoms with Crippen molar-refractivity contribution in [2.24, 2.45) is 4.99 Å². The molecule has 1 aromatic carbocycles. The summed E-state index contributed by atoms with van der Waals surface area (Å²) in [5.41, 5.74) is 3.73. The zero-order valence-electron chi connectivity index (χ0n) is 12.2. The van der Waals surface area contributed by atoms with Gasteiger partial charge in [0.05, 0.1) is 6.54 Å². The van der Waals surface area contributed by atoms with E-state index in [-0.39, 0.29) is 24.0 Å². The van der Waals surface area contributed by atoms with Crippen LogP contribution in [0.25, 0.3) is 0 Å². The summed E-state index contributed by atoms with van der Waals surface area (Å²) < 4.78 is 0. The minimum atomic E-state index is 0. The van der Waals surface area contributed by atoms with Crippen molar-refractivity contribution in [3.05, 3.63) is 45.9 Å². The number of fused-ring (bicyclic) bond motifs is 1. The van der Waals surface area contributed by atoms with Gasteiger partial charge >= 0.3 is 0 Å². The van der Waals surface area contributed by atoms with Crippen molar-refractivity contribution >= 4 is 47.0 Å². The van der Waals surface area contributed by atoms with Crippen molar-refractivity contribution < 1.29 is 0 Å². The number of rotatable bonds is 2. The summed E-state index contributed by atoms with van der Waals surface area (Å²) in [7, 11) is 1.83. The Kier molecular flexibility index (Phi) is 5.58. The molecule has 0 saturated heterocycles. The number of guanidine groups is 1. The number of thiazole rings is 1. The average molecular weight is 414 g/mol. The van der Waals surface area contributed by atoms with E-state index in [4.69, 9.17) is 0 Å². The van der Waals surface area contributed by atoms with Crippen LogP contribution in [0.2, 0.25) is 0 Å². The minimum absolute atomic E-state index is 0. The highest BCUT2D eigenvalue weighted by Gasteiger charge is 2.22.